The number of nitrogens with zero attached hydrogens (tertiary/aromatic N) is 1. The van der Waals surface area contributed by atoms with Gasteiger partial charge in [0.15, 0.2) is 0 Å². The number of halogens is 2. The van der Waals surface area contributed by atoms with E-state index in [0.717, 1.165) is 18.5 Å². The third kappa shape index (κ3) is 3.76. The largest absolute Gasteiger partial charge is 0.323 e. The lowest BCUT2D eigenvalue weighted by Crippen LogP contribution is -2.54. The molecule has 1 aliphatic rings. The van der Waals surface area contributed by atoms with Crippen molar-refractivity contribution in [1.82, 2.24) is 4.90 Å². The van der Waals surface area contributed by atoms with Crippen LogP contribution in [-0.4, -0.2) is 17.5 Å². The zero-order chi connectivity index (χ0) is 18.8. The predicted molar refractivity (Wildman–Crippen MR) is 113 cm³/mol. The topological polar surface area (TPSA) is 29.3 Å². The second-order valence-corrected chi connectivity index (χ2v) is 7.83. The first-order valence-corrected chi connectivity index (χ1v) is 9.97. The zero-order valence-electron chi connectivity index (χ0n) is 14.9. The summed E-state index contributed by atoms with van der Waals surface area (Å²) >= 11 is 12.3. The number of hydrogen-bond acceptors (Lipinski definition) is 2. The molecule has 4 heteroatoms. The minimum atomic E-state index is -0.108. The van der Waals surface area contributed by atoms with Crippen LogP contribution in [0.3, 0.4) is 0 Å². The van der Waals surface area contributed by atoms with E-state index in [1.54, 1.807) is 0 Å². The molecule has 1 heterocycles. The van der Waals surface area contributed by atoms with Gasteiger partial charge in [0.25, 0.3) is 0 Å². The minimum absolute atomic E-state index is 0.108. The Morgan fingerprint density at radius 2 is 1.37 bits per heavy atom. The lowest BCUT2D eigenvalue weighted by atomic mass is 9.85. The van der Waals surface area contributed by atoms with E-state index >= 15 is 0 Å². The van der Waals surface area contributed by atoms with Gasteiger partial charge in [0, 0.05) is 18.6 Å². The highest BCUT2D eigenvalue weighted by Gasteiger charge is 2.39. The highest BCUT2D eigenvalue weighted by Crippen LogP contribution is 2.40. The van der Waals surface area contributed by atoms with E-state index in [0.29, 0.717) is 10.0 Å². The summed E-state index contributed by atoms with van der Waals surface area (Å²) in [6.07, 6.45) is 1.07. The standard InChI is InChI=1S/C23H22Cl2N2/c24-19-12-11-18(15-20(19)25)22(26)21-13-14-27(21)23(16-7-3-1-4-8-16)17-9-5-2-6-10-17/h1-12,15,21-23H,13-14,26H2. The van der Waals surface area contributed by atoms with Crippen LogP contribution in [0.5, 0.6) is 0 Å². The van der Waals surface area contributed by atoms with Crippen molar-refractivity contribution in [3.05, 3.63) is 106 Å². The molecule has 2 nitrogen and oxygen atoms in total. The Kier molecular flexibility index (Phi) is 5.51. The number of nitrogens with two attached hydrogens (primary N) is 1. The maximum atomic E-state index is 6.66. The highest BCUT2D eigenvalue weighted by molar-refractivity contribution is 6.42. The molecule has 27 heavy (non-hydrogen) atoms. The fraction of sp³-hybridized carbons (Fsp3) is 0.217. The molecule has 3 aromatic rings. The van der Waals surface area contributed by atoms with Gasteiger partial charge in [-0.05, 0) is 35.2 Å². The van der Waals surface area contributed by atoms with E-state index in [2.05, 4.69) is 65.6 Å². The second kappa shape index (κ2) is 8.04. The summed E-state index contributed by atoms with van der Waals surface area (Å²) in [7, 11) is 0. The van der Waals surface area contributed by atoms with Crippen LogP contribution in [0.15, 0.2) is 78.9 Å². The molecular formula is C23H22Cl2N2. The van der Waals surface area contributed by atoms with Crippen molar-refractivity contribution in [3.63, 3.8) is 0 Å². The van der Waals surface area contributed by atoms with Gasteiger partial charge in [-0.25, -0.2) is 0 Å². The molecule has 3 aromatic carbocycles. The van der Waals surface area contributed by atoms with Crippen molar-refractivity contribution in [2.75, 3.05) is 6.54 Å². The van der Waals surface area contributed by atoms with Crippen LogP contribution in [0, 0.1) is 0 Å². The Bertz CT molecular complexity index is 859. The van der Waals surface area contributed by atoms with Crippen LogP contribution in [0.25, 0.3) is 0 Å². The molecule has 0 bridgehead atoms. The van der Waals surface area contributed by atoms with Crippen LogP contribution in [0.2, 0.25) is 10.0 Å². The summed E-state index contributed by atoms with van der Waals surface area (Å²) in [6, 6.07) is 27.3. The van der Waals surface area contributed by atoms with Crippen LogP contribution in [0.1, 0.15) is 35.2 Å². The van der Waals surface area contributed by atoms with Gasteiger partial charge in [0.2, 0.25) is 0 Å². The maximum absolute atomic E-state index is 6.66. The Balaban J connectivity index is 1.65. The SMILES string of the molecule is NC(c1ccc(Cl)c(Cl)c1)C1CCN1C(c1ccccc1)c1ccccc1. The summed E-state index contributed by atoms with van der Waals surface area (Å²) in [5, 5.41) is 1.11. The van der Waals surface area contributed by atoms with E-state index in [1.165, 1.54) is 11.1 Å². The maximum Gasteiger partial charge on any atom is 0.0604 e. The van der Waals surface area contributed by atoms with Crippen molar-refractivity contribution in [1.29, 1.82) is 0 Å². The zero-order valence-corrected chi connectivity index (χ0v) is 16.4. The fourth-order valence-electron chi connectivity index (χ4n) is 3.92. The molecule has 0 radical (unpaired) electrons. The van der Waals surface area contributed by atoms with Crippen molar-refractivity contribution < 1.29 is 0 Å². The van der Waals surface area contributed by atoms with Gasteiger partial charge >= 0.3 is 0 Å². The molecule has 138 valence electrons. The first-order chi connectivity index (χ1) is 13.1. The minimum Gasteiger partial charge on any atom is -0.323 e. The molecule has 4 rings (SSSR count). The second-order valence-electron chi connectivity index (χ2n) is 7.02. The van der Waals surface area contributed by atoms with E-state index in [-0.39, 0.29) is 18.1 Å². The summed E-state index contributed by atoms with van der Waals surface area (Å²) < 4.78 is 0. The predicted octanol–water partition coefficient (Wildman–Crippen LogP) is 5.86. The lowest BCUT2D eigenvalue weighted by molar-refractivity contribution is 0.0393. The van der Waals surface area contributed by atoms with Crippen molar-refractivity contribution in [3.8, 4) is 0 Å². The average Bonchev–Trinajstić information content (AvgIpc) is 2.68. The lowest BCUT2D eigenvalue weighted by Gasteiger charge is -2.49. The average molecular weight is 397 g/mol. The molecular weight excluding hydrogens is 375 g/mol. The summed E-state index contributed by atoms with van der Waals surface area (Å²) in [5.41, 5.74) is 10.3. The molecule has 1 saturated heterocycles. The monoisotopic (exact) mass is 396 g/mol. The third-order valence-electron chi connectivity index (χ3n) is 5.41. The van der Waals surface area contributed by atoms with Crippen LogP contribution >= 0.6 is 23.2 Å². The first-order valence-electron chi connectivity index (χ1n) is 9.21. The summed E-state index contributed by atoms with van der Waals surface area (Å²) in [4.78, 5) is 2.50. The molecule has 2 N–H and O–H groups in total. The Morgan fingerprint density at radius 3 is 1.85 bits per heavy atom. The van der Waals surface area contributed by atoms with Crippen molar-refractivity contribution in [2.24, 2.45) is 5.73 Å². The fourth-order valence-corrected chi connectivity index (χ4v) is 4.23. The molecule has 2 unspecified atom stereocenters. The summed E-state index contributed by atoms with van der Waals surface area (Å²) in [5.74, 6) is 0. The van der Waals surface area contributed by atoms with Crippen molar-refractivity contribution in [2.45, 2.75) is 24.5 Å². The van der Waals surface area contributed by atoms with Gasteiger partial charge in [0.05, 0.1) is 16.1 Å². The van der Waals surface area contributed by atoms with Crippen LogP contribution in [0.4, 0.5) is 0 Å². The van der Waals surface area contributed by atoms with Gasteiger partial charge in [-0.3, -0.25) is 4.90 Å². The van der Waals surface area contributed by atoms with Gasteiger partial charge in [-0.1, -0.05) is 89.9 Å². The van der Waals surface area contributed by atoms with Gasteiger partial charge in [-0.15, -0.1) is 0 Å². The summed E-state index contributed by atoms with van der Waals surface area (Å²) in [6.45, 7) is 1.02. The quantitative estimate of drug-likeness (QED) is 0.585. The van der Waals surface area contributed by atoms with E-state index in [4.69, 9.17) is 28.9 Å². The highest BCUT2D eigenvalue weighted by atomic mass is 35.5. The smallest absolute Gasteiger partial charge is 0.0604 e. The molecule has 0 amide bonds. The Morgan fingerprint density at radius 1 is 0.778 bits per heavy atom. The van der Waals surface area contributed by atoms with E-state index < -0.39 is 0 Å². The van der Waals surface area contributed by atoms with E-state index in [9.17, 15) is 0 Å². The molecule has 1 fully saturated rings. The number of likely N-dealkylation sites (tertiary alicyclic amines) is 1. The normalized spacial score (nSPS) is 18.3. The Labute approximate surface area is 170 Å². The van der Waals surface area contributed by atoms with Gasteiger partial charge in [-0.2, -0.15) is 0 Å². The van der Waals surface area contributed by atoms with Crippen LogP contribution < -0.4 is 5.73 Å². The van der Waals surface area contributed by atoms with Gasteiger partial charge < -0.3 is 5.73 Å². The molecule has 0 saturated carbocycles. The molecule has 1 aliphatic heterocycles. The van der Waals surface area contributed by atoms with Crippen LogP contribution in [-0.2, 0) is 0 Å². The first kappa shape index (κ1) is 18.5. The molecule has 2 atom stereocenters. The third-order valence-corrected chi connectivity index (χ3v) is 6.15. The number of rotatable bonds is 5. The van der Waals surface area contributed by atoms with E-state index in [1.807, 2.05) is 18.2 Å². The van der Waals surface area contributed by atoms with Crippen molar-refractivity contribution >= 4 is 23.2 Å². The molecule has 0 aromatic heterocycles. The Hall–Kier alpha value is -1.84. The number of hydrogen-bond donors (Lipinski definition) is 1. The van der Waals surface area contributed by atoms with Gasteiger partial charge in [0.1, 0.15) is 0 Å². The molecule has 0 aliphatic carbocycles. The number of benzene rings is 3. The molecule has 0 spiro atoms.